The minimum atomic E-state index is 0.00104. The number of piperidine rings is 1. The first-order valence-electron chi connectivity index (χ1n) is 10.3. The zero-order valence-corrected chi connectivity index (χ0v) is 16.9. The van der Waals surface area contributed by atoms with Gasteiger partial charge in [-0.15, -0.1) is 0 Å². The number of amides is 2. The second kappa shape index (κ2) is 8.87. The van der Waals surface area contributed by atoms with Gasteiger partial charge in [-0.3, -0.25) is 14.5 Å². The number of hydrogen-bond donors (Lipinski definition) is 1. The Morgan fingerprint density at radius 2 is 1.96 bits per heavy atom. The largest absolute Gasteiger partial charge is 0.346 e. The number of nitrogens with zero attached hydrogens (tertiary/aromatic N) is 4. The molecule has 2 saturated heterocycles. The number of rotatable bonds is 5. The molecule has 2 aliphatic heterocycles. The molecule has 150 valence electrons. The van der Waals surface area contributed by atoms with Crippen molar-refractivity contribution in [3.8, 4) is 0 Å². The van der Waals surface area contributed by atoms with E-state index in [1.807, 2.05) is 36.5 Å². The van der Waals surface area contributed by atoms with Crippen LogP contribution in [0.5, 0.6) is 0 Å². The first-order valence-corrected chi connectivity index (χ1v) is 10.3. The van der Waals surface area contributed by atoms with E-state index in [-0.39, 0.29) is 17.9 Å². The fourth-order valence-electron chi connectivity index (χ4n) is 4.39. The zero-order valence-electron chi connectivity index (χ0n) is 16.9. The van der Waals surface area contributed by atoms with E-state index < -0.39 is 0 Å². The van der Waals surface area contributed by atoms with Crippen molar-refractivity contribution < 1.29 is 9.59 Å². The summed E-state index contributed by atoms with van der Waals surface area (Å²) in [5.74, 6) is 1.71. The van der Waals surface area contributed by atoms with Gasteiger partial charge in [0, 0.05) is 31.6 Å². The van der Waals surface area contributed by atoms with Crippen LogP contribution < -0.4 is 5.32 Å². The van der Waals surface area contributed by atoms with Crippen LogP contribution in [0.3, 0.4) is 0 Å². The van der Waals surface area contributed by atoms with Crippen LogP contribution in [0.15, 0.2) is 12.3 Å². The van der Waals surface area contributed by atoms with E-state index in [0.29, 0.717) is 18.4 Å². The lowest BCUT2D eigenvalue weighted by Crippen LogP contribution is -2.43. The highest BCUT2D eigenvalue weighted by Crippen LogP contribution is 2.31. The first-order chi connectivity index (χ1) is 13.0. The Morgan fingerprint density at radius 1 is 1.22 bits per heavy atom. The third-order valence-electron chi connectivity index (χ3n) is 5.95. The normalized spacial score (nSPS) is 22.9. The summed E-state index contributed by atoms with van der Waals surface area (Å²) in [5.41, 5.74) is 0. The van der Waals surface area contributed by atoms with Gasteiger partial charge in [-0.25, -0.2) is 4.68 Å². The molecule has 0 unspecified atom stereocenters. The Morgan fingerprint density at radius 3 is 2.67 bits per heavy atom. The average molecular weight is 376 g/mol. The summed E-state index contributed by atoms with van der Waals surface area (Å²) in [4.78, 5) is 29.1. The first kappa shape index (κ1) is 19.9. The highest BCUT2D eigenvalue weighted by molar-refractivity contribution is 5.91. The lowest BCUT2D eigenvalue weighted by atomic mass is 9.81. The van der Waals surface area contributed by atoms with Gasteiger partial charge in [0.15, 0.2) is 0 Å². The molecule has 0 radical (unpaired) electrons. The molecule has 7 nitrogen and oxygen atoms in total. The molecule has 3 rings (SSSR count). The molecule has 2 fully saturated rings. The minimum Gasteiger partial charge on any atom is -0.346 e. The van der Waals surface area contributed by atoms with Crippen molar-refractivity contribution in [2.45, 2.75) is 52.0 Å². The highest BCUT2D eigenvalue weighted by atomic mass is 16.2. The quantitative estimate of drug-likeness (QED) is 0.858. The smallest absolute Gasteiger partial charge is 0.239 e. The number of nitrogens with one attached hydrogen (secondary N) is 1. The summed E-state index contributed by atoms with van der Waals surface area (Å²) in [6, 6.07) is 2.04. The third-order valence-corrected chi connectivity index (χ3v) is 5.95. The molecule has 3 heterocycles. The lowest BCUT2D eigenvalue weighted by molar-refractivity contribution is -0.136. The number of anilines is 1. The highest BCUT2D eigenvalue weighted by Gasteiger charge is 2.34. The molecule has 27 heavy (non-hydrogen) atoms. The molecule has 0 aliphatic carbocycles. The van der Waals surface area contributed by atoms with Gasteiger partial charge in [-0.1, -0.05) is 6.42 Å². The van der Waals surface area contributed by atoms with Crippen LogP contribution in [0, 0.1) is 11.8 Å². The van der Waals surface area contributed by atoms with Crippen LogP contribution in [0.25, 0.3) is 0 Å². The SMILES string of the molecule is CC(C)n1nccc1NC(=O)CN1CCC([C@@H]2CCCCN(C)C2=O)CC1. The summed E-state index contributed by atoms with van der Waals surface area (Å²) in [6.45, 7) is 7.14. The fourth-order valence-corrected chi connectivity index (χ4v) is 4.39. The van der Waals surface area contributed by atoms with Crippen LogP contribution in [0.1, 0.15) is 52.0 Å². The summed E-state index contributed by atoms with van der Waals surface area (Å²) in [5, 5.41) is 7.22. The van der Waals surface area contributed by atoms with Crippen LogP contribution in [0.4, 0.5) is 5.82 Å². The Bertz CT molecular complexity index is 649. The predicted molar refractivity (Wildman–Crippen MR) is 105 cm³/mol. The van der Waals surface area contributed by atoms with Crippen molar-refractivity contribution in [1.29, 1.82) is 0 Å². The zero-order chi connectivity index (χ0) is 19.4. The van der Waals surface area contributed by atoms with Gasteiger partial charge in [0.2, 0.25) is 11.8 Å². The molecular formula is C20H33N5O2. The van der Waals surface area contributed by atoms with Gasteiger partial charge in [-0.2, -0.15) is 5.10 Å². The summed E-state index contributed by atoms with van der Waals surface area (Å²) >= 11 is 0. The van der Waals surface area contributed by atoms with Crippen molar-refractivity contribution in [1.82, 2.24) is 19.6 Å². The molecule has 7 heteroatoms. The fraction of sp³-hybridized carbons (Fsp3) is 0.750. The molecule has 1 aromatic heterocycles. The maximum Gasteiger partial charge on any atom is 0.239 e. The third kappa shape index (κ3) is 4.89. The maximum atomic E-state index is 12.6. The number of carbonyl (C=O) groups is 2. The molecule has 0 aromatic carbocycles. The van der Waals surface area contributed by atoms with Crippen molar-refractivity contribution in [3.05, 3.63) is 12.3 Å². The summed E-state index contributed by atoms with van der Waals surface area (Å²) < 4.78 is 1.82. The van der Waals surface area contributed by atoms with Crippen LogP contribution >= 0.6 is 0 Å². The van der Waals surface area contributed by atoms with E-state index in [0.717, 1.165) is 57.6 Å². The molecule has 1 aromatic rings. The molecular weight excluding hydrogens is 342 g/mol. The summed E-state index contributed by atoms with van der Waals surface area (Å²) in [7, 11) is 1.93. The molecule has 0 bridgehead atoms. The van der Waals surface area contributed by atoms with Gasteiger partial charge >= 0.3 is 0 Å². The van der Waals surface area contributed by atoms with Crippen molar-refractivity contribution in [3.63, 3.8) is 0 Å². The van der Waals surface area contributed by atoms with Gasteiger partial charge in [-0.05, 0) is 58.5 Å². The average Bonchev–Trinajstić information content (AvgIpc) is 3.03. The Kier molecular flexibility index (Phi) is 6.52. The van der Waals surface area contributed by atoms with Gasteiger partial charge in [0.05, 0.1) is 12.7 Å². The van der Waals surface area contributed by atoms with E-state index in [1.54, 1.807) is 6.20 Å². The summed E-state index contributed by atoms with van der Waals surface area (Å²) in [6.07, 6.45) is 7.00. The van der Waals surface area contributed by atoms with Gasteiger partial charge < -0.3 is 10.2 Å². The number of carbonyl (C=O) groups excluding carboxylic acids is 2. The van der Waals surface area contributed by atoms with E-state index >= 15 is 0 Å². The number of likely N-dealkylation sites (tertiary alicyclic amines) is 2. The second-order valence-corrected chi connectivity index (χ2v) is 8.28. The van der Waals surface area contributed by atoms with Gasteiger partial charge in [0.25, 0.3) is 0 Å². The van der Waals surface area contributed by atoms with Crippen LogP contribution in [-0.2, 0) is 9.59 Å². The van der Waals surface area contributed by atoms with E-state index in [4.69, 9.17) is 0 Å². The van der Waals surface area contributed by atoms with Crippen LogP contribution in [-0.4, -0.2) is 64.6 Å². The van der Waals surface area contributed by atoms with Gasteiger partial charge in [0.1, 0.15) is 5.82 Å². The molecule has 0 spiro atoms. The Balaban J connectivity index is 1.48. The predicted octanol–water partition coefficient (Wildman–Crippen LogP) is 2.37. The maximum absolute atomic E-state index is 12.6. The lowest BCUT2D eigenvalue weighted by Gasteiger charge is -2.35. The monoisotopic (exact) mass is 375 g/mol. The topological polar surface area (TPSA) is 70.5 Å². The Labute approximate surface area is 162 Å². The van der Waals surface area contributed by atoms with E-state index in [9.17, 15) is 9.59 Å². The van der Waals surface area contributed by atoms with Crippen LogP contribution in [0.2, 0.25) is 0 Å². The minimum absolute atomic E-state index is 0.00104. The number of hydrogen-bond acceptors (Lipinski definition) is 4. The second-order valence-electron chi connectivity index (χ2n) is 8.28. The number of aromatic nitrogens is 2. The Hall–Kier alpha value is -1.89. The molecule has 1 atom stereocenters. The van der Waals surface area contributed by atoms with Crippen molar-refractivity contribution >= 4 is 17.6 Å². The molecule has 1 N–H and O–H groups in total. The molecule has 0 saturated carbocycles. The van der Waals surface area contributed by atoms with Crippen molar-refractivity contribution in [2.24, 2.45) is 11.8 Å². The molecule has 2 aliphatic rings. The van der Waals surface area contributed by atoms with E-state index in [1.165, 1.54) is 0 Å². The van der Waals surface area contributed by atoms with E-state index in [2.05, 4.69) is 15.3 Å². The molecule has 2 amide bonds. The van der Waals surface area contributed by atoms with Crippen molar-refractivity contribution in [2.75, 3.05) is 38.5 Å². The standard InChI is InChI=1S/C20H33N5O2/c1-15(2)25-18(7-10-21-25)22-19(26)14-24-12-8-16(9-13-24)17-6-4-5-11-23(3)20(17)27/h7,10,15-17H,4-6,8-9,11-14H2,1-3H3,(H,22,26)/t17-/m0/s1.